The molecule has 0 heterocycles. The summed E-state index contributed by atoms with van der Waals surface area (Å²) >= 11 is 12.3. The van der Waals surface area contributed by atoms with Crippen LogP contribution in [0.1, 0.15) is 18.1 Å². The number of anilines is 1. The number of benzene rings is 3. The summed E-state index contributed by atoms with van der Waals surface area (Å²) in [5.74, 6) is -0.444. The van der Waals surface area contributed by atoms with Crippen LogP contribution >= 0.6 is 23.2 Å². The van der Waals surface area contributed by atoms with Gasteiger partial charge in [0.2, 0.25) is 21.8 Å². The maximum atomic E-state index is 13.5. The second-order valence-corrected chi connectivity index (χ2v) is 11.3. The number of carbonyl (C=O) groups is 2. The van der Waals surface area contributed by atoms with E-state index >= 15 is 0 Å². The Morgan fingerprint density at radius 1 is 1.00 bits per heavy atom. The number of hydrogen-bond acceptors (Lipinski definition) is 5. The predicted octanol–water partition coefficient (Wildman–Crippen LogP) is 4.50. The van der Waals surface area contributed by atoms with Crippen molar-refractivity contribution in [3.8, 4) is 5.75 Å². The standard InChI is InChI=1S/C27H29Cl2N3O5S/c1-19(27(34)30-2)31(16-21-9-10-22(28)15-25(21)29)26(33)17-32(38(3,35)36)23-11-13-24(14-12-23)37-18-20-7-5-4-6-8-20/h4-15,19H,16-18H2,1-3H3,(H,30,34). The molecule has 8 nitrogen and oxygen atoms in total. The molecule has 0 bridgehead atoms. The van der Waals surface area contributed by atoms with Gasteiger partial charge in [-0.1, -0.05) is 59.6 Å². The smallest absolute Gasteiger partial charge is 0.244 e. The summed E-state index contributed by atoms with van der Waals surface area (Å²) < 4.78 is 32.2. The molecule has 0 aliphatic rings. The van der Waals surface area contributed by atoms with Gasteiger partial charge in [0, 0.05) is 23.6 Å². The summed E-state index contributed by atoms with van der Waals surface area (Å²) in [5, 5.41) is 3.27. The number of rotatable bonds is 11. The molecule has 0 saturated heterocycles. The fourth-order valence-electron chi connectivity index (χ4n) is 3.69. The molecule has 3 aromatic rings. The number of nitrogens with one attached hydrogen (secondary N) is 1. The molecule has 0 fully saturated rings. The van der Waals surface area contributed by atoms with Gasteiger partial charge in [-0.3, -0.25) is 13.9 Å². The third-order valence-corrected chi connectivity index (χ3v) is 7.55. The first-order valence-electron chi connectivity index (χ1n) is 11.7. The Kier molecular flexibility index (Phi) is 10.0. The van der Waals surface area contributed by atoms with Crippen molar-refractivity contribution >= 4 is 50.7 Å². The summed E-state index contributed by atoms with van der Waals surface area (Å²) in [4.78, 5) is 27.2. The summed E-state index contributed by atoms with van der Waals surface area (Å²) in [7, 11) is -2.39. The monoisotopic (exact) mass is 577 g/mol. The van der Waals surface area contributed by atoms with Crippen LogP contribution in [0.25, 0.3) is 0 Å². The fourth-order valence-corrected chi connectivity index (χ4v) is 5.01. The van der Waals surface area contributed by atoms with Crippen molar-refractivity contribution in [2.24, 2.45) is 0 Å². The molecule has 3 rings (SSSR count). The lowest BCUT2D eigenvalue weighted by Gasteiger charge is -2.31. The molecular formula is C27H29Cl2N3O5S. The zero-order chi connectivity index (χ0) is 27.9. The number of ether oxygens (including phenoxy) is 1. The molecule has 0 saturated carbocycles. The highest BCUT2D eigenvalue weighted by Gasteiger charge is 2.30. The van der Waals surface area contributed by atoms with Gasteiger partial charge in [-0.25, -0.2) is 8.42 Å². The molecule has 11 heteroatoms. The third kappa shape index (κ3) is 7.86. The number of nitrogens with zero attached hydrogens (tertiary/aromatic N) is 2. The van der Waals surface area contributed by atoms with Gasteiger partial charge in [-0.05, 0) is 54.4 Å². The molecule has 0 radical (unpaired) electrons. The van der Waals surface area contributed by atoms with Gasteiger partial charge in [0.25, 0.3) is 0 Å². The minimum absolute atomic E-state index is 0.0205. The molecule has 0 aromatic heterocycles. The normalized spacial score (nSPS) is 11.9. The third-order valence-electron chi connectivity index (χ3n) is 5.82. The van der Waals surface area contributed by atoms with Crippen LogP contribution < -0.4 is 14.4 Å². The average Bonchev–Trinajstić information content (AvgIpc) is 2.89. The van der Waals surface area contributed by atoms with Gasteiger partial charge in [0.05, 0.1) is 11.9 Å². The van der Waals surface area contributed by atoms with E-state index in [0.717, 1.165) is 16.1 Å². The first kappa shape index (κ1) is 29.3. The fraction of sp³-hybridized carbons (Fsp3) is 0.259. The molecule has 0 aliphatic heterocycles. The highest BCUT2D eigenvalue weighted by Crippen LogP contribution is 2.25. The topological polar surface area (TPSA) is 96.0 Å². The van der Waals surface area contributed by atoms with Crippen molar-refractivity contribution < 1.29 is 22.7 Å². The summed E-state index contributed by atoms with van der Waals surface area (Å²) in [6.45, 7) is 1.38. The van der Waals surface area contributed by atoms with E-state index in [1.54, 1.807) is 43.3 Å². The molecule has 202 valence electrons. The van der Waals surface area contributed by atoms with Gasteiger partial charge in [0.15, 0.2) is 0 Å². The number of carbonyl (C=O) groups excluding carboxylic acids is 2. The maximum absolute atomic E-state index is 13.5. The Labute approximate surface area is 233 Å². The van der Waals surface area contributed by atoms with Gasteiger partial charge < -0.3 is 15.0 Å². The Bertz CT molecular complexity index is 1370. The molecule has 3 aromatic carbocycles. The minimum Gasteiger partial charge on any atom is -0.489 e. The van der Waals surface area contributed by atoms with Crippen molar-refractivity contribution in [3.05, 3.63) is 94.0 Å². The van der Waals surface area contributed by atoms with Crippen LogP contribution in [-0.4, -0.2) is 51.0 Å². The van der Waals surface area contributed by atoms with E-state index in [1.807, 2.05) is 30.3 Å². The second kappa shape index (κ2) is 13.0. The lowest BCUT2D eigenvalue weighted by Crippen LogP contribution is -2.50. The van der Waals surface area contributed by atoms with Crippen molar-refractivity contribution in [1.29, 1.82) is 0 Å². The van der Waals surface area contributed by atoms with E-state index in [2.05, 4.69) is 5.32 Å². The summed E-state index contributed by atoms with van der Waals surface area (Å²) in [5.41, 5.74) is 1.84. The van der Waals surface area contributed by atoms with E-state index in [4.69, 9.17) is 27.9 Å². The summed E-state index contributed by atoms with van der Waals surface area (Å²) in [6.07, 6.45) is 1.02. The van der Waals surface area contributed by atoms with Gasteiger partial charge in [-0.2, -0.15) is 0 Å². The van der Waals surface area contributed by atoms with Crippen molar-refractivity contribution in [2.45, 2.75) is 26.1 Å². The van der Waals surface area contributed by atoms with Crippen molar-refractivity contribution in [3.63, 3.8) is 0 Å². The Morgan fingerprint density at radius 2 is 1.66 bits per heavy atom. The average molecular weight is 579 g/mol. The van der Waals surface area contributed by atoms with E-state index in [0.29, 0.717) is 28.0 Å². The number of likely N-dealkylation sites (N-methyl/N-ethyl adjacent to an activating group) is 1. The first-order valence-corrected chi connectivity index (χ1v) is 14.3. The minimum atomic E-state index is -3.85. The molecule has 0 aliphatic carbocycles. The number of sulfonamides is 1. The number of amides is 2. The highest BCUT2D eigenvalue weighted by atomic mass is 35.5. The first-order chi connectivity index (χ1) is 18.0. The van der Waals surface area contributed by atoms with E-state index < -0.39 is 34.4 Å². The van der Waals surface area contributed by atoms with Crippen LogP contribution in [0.5, 0.6) is 5.75 Å². The lowest BCUT2D eigenvalue weighted by atomic mass is 10.1. The lowest BCUT2D eigenvalue weighted by molar-refractivity contribution is -0.139. The van der Waals surface area contributed by atoms with Crippen LogP contribution in [0.15, 0.2) is 72.8 Å². The zero-order valence-corrected chi connectivity index (χ0v) is 23.6. The molecule has 1 N–H and O–H groups in total. The predicted molar refractivity (Wildman–Crippen MR) is 150 cm³/mol. The van der Waals surface area contributed by atoms with Crippen LogP contribution in [0.2, 0.25) is 10.0 Å². The quantitative estimate of drug-likeness (QED) is 0.362. The number of halogens is 2. The Morgan fingerprint density at radius 3 is 2.24 bits per heavy atom. The largest absolute Gasteiger partial charge is 0.489 e. The van der Waals surface area contributed by atoms with Gasteiger partial charge in [0.1, 0.15) is 24.9 Å². The van der Waals surface area contributed by atoms with E-state index in [9.17, 15) is 18.0 Å². The van der Waals surface area contributed by atoms with Crippen LogP contribution in [0.3, 0.4) is 0 Å². The molecule has 0 spiro atoms. The van der Waals surface area contributed by atoms with Crippen LogP contribution in [0.4, 0.5) is 5.69 Å². The zero-order valence-electron chi connectivity index (χ0n) is 21.2. The summed E-state index contributed by atoms with van der Waals surface area (Å²) in [6, 6.07) is 20.0. The highest BCUT2D eigenvalue weighted by molar-refractivity contribution is 7.92. The van der Waals surface area contributed by atoms with Crippen molar-refractivity contribution in [2.75, 3.05) is 24.2 Å². The number of hydrogen-bond donors (Lipinski definition) is 1. The molecule has 2 amide bonds. The molecule has 1 unspecified atom stereocenters. The van der Waals surface area contributed by atoms with Gasteiger partial charge in [-0.15, -0.1) is 0 Å². The molecule has 1 atom stereocenters. The van der Waals surface area contributed by atoms with E-state index in [-0.39, 0.29) is 12.2 Å². The second-order valence-electron chi connectivity index (χ2n) is 8.59. The van der Waals surface area contributed by atoms with Crippen molar-refractivity contribution in [1.82, 2.24) is 10.2 Å². The van der Waals surface area contributed by atoms with Crippen LogP contribution in [-0.2, 0) is 32.8 Å². The Hall–Kier alpha value is -3.27. The maximum Gasteiger partial charge on any atom is 0.244 e. The van der Waals surface area contributed by atoms with Gasteiger partial charge >= 0.3 is 0 Å². The molecule has 38 heavy (non-hydrogen) atoms. The Balaban J connectivity index is 1.82. The van der Waals surface area contributed by atoms with Crippen LogP contribution in [0, 0.1) is 0 Å². The van der Waals surface area contributed by atoms with E-state index in [1.165, 1.54) is 18.0 Å². The molecular weight excluding hydrogens is 549 g/mol. The SMILES string of the molecule is CNC(=O)C(C)N(Cc1ccc(Cl)cc1Cl)C(=O)CN(c1ccc(OCc2ccccc2)cc1)S(C)(=O)=O.